The van der Waals surface area contributed by atoms with Gasteiger partial charge in [-0.3, -0.25) is 4.90 Å². The number of aryl methyl sites for hydroxylation is 1. The van der Waals surface area contributed by atoms with E-state index in [9.17, 15) is 9.18 Å². The molecule has 0 spiro atoms. The smallest absolute Gasteiger partial charge is 0.322 e. The van der Waals surface area contributed by atoms with Gasteiger partial charge in [-0.05, 0) is 74.3 Å². The first-order valence-corrected chi connectivity index (χ1v) is 9.46. The predicted molar refractivity (Wildman–Crippen MR) is 91.8 cm³/mol. The van der Waals surface area contributed by atoms with Crippen molar-refractivity contribution in [1.82, 2.24) is 5.32 Å². The van der Waals surface area contributed by atoms with Crippen LogP contribution in [0.1, 0.15) is 44.1 Å². The number of fused-ring (bicyclic) bond motifs is 1. The average molecular weight is 328 g/mol. The molecule has 5 atom stereocenters. The zero-order chi connectivity index (χ0) is 16.3. The molecule has 2 amide bonds. The van der Waals surface area contributed by atoms with Crippen molar-refractivity contribution in [3.05, 3.63) is 29.8 Å². The van der Waals surface area contributed by atoms with E-state index in [-0.39, 0.29) is 12.1 Å². The van der Waals surface area contributed by atoms with Gasteiger partial charge in [0.25, 0.3) is 0 Å². The zero-order valence-electron chi connectivity index (χ0n) is 14.0. The Kier molecular flexibility index (Phi) is 3.20. The molecule has 1 heterocycles. The summed E-state index contributed by atoms with van der Waals surface area (Å²) in [6, 6.07) is 8.39. The van der Waals surface area contributed by atoms with E-state index < -0.39 is 5.67 Å². The van der Waals surface area contributed by atoms with Gasteiger partial charge < -0.3 is 5.32 Å². The van der Waals surface area contributed by atoms with Crippen LogP contribution in [-0.2, 0) is 6.42 Å². The van der Waals surface area contributed by atoms with E-state index in [1.807, 2.05) is 23.1 Å². The highest BCUT2D eigenvalue weighted by atomic mass is 19.1. The van der Waals surface area contributed by atoms with Crippen LogP contribution >= 0.6 is 0 Å². The van der Waals surface area contributed by atoms with Gasteiger partial charge >= 0.3 is 6.03 Å². The standard InChI is InChI=1S/C20H25FN2O/c21-20-10-13-8-15(11-20)18(16(9-13)12-20)22-19(24)23-7-3-5-14-4-1-2-6-17(14)23/h1-2,4,6,13,15-16,18H,3,5,7-12H2,(H,22,24)/t13?,15-,16+,18?,20?. The SMILES string of the molecule is O=C(NC1[C@@H]2CC3C[C@H]1CC(F)(C3)C2)N1CCCc2ccccc21. The van der Waals surface area contributed by atoms with Gasteiger partial charge in [0.2, 0.25) is 0 Å². The molecule has 5 aliphatic rings. The maximum Gasteiger partial charge on any atom is 0.322 e. The van der Waals surface area contributed by atoms with E-state index in [1.54, 1.807) is 0 Å². The van der Waals surface area contributed by atoms with E-state index in [2.05, 4.69) is 11.4 Å². The van der Waals surface area contributed by atoms with Crippen molar-refractivity contribution in [3.63, 3.8) is 0 Å². The lowest BCUT2D eigenvalue weighted by atomic mass is 9.53. The van der Waals surface area contributed by atoms with Crippen molar-refractivity contribution < 1.29 is 9.18 Å². The number of hydrogen-bond donors (Lipinski definition) is 1. The van der Waals surface area contributed by atoms with Crippen molar-refractivity contribution in [1.29, 1.82) is 0 Å². The Hall–Kier alpha value is -1.58. The van der Waals surface area contributed by atoms with Crippen LogP contribution in [0, 0.1) is 17.8 Å². The number of anilines is 1. The van der Waals surface area contributed by atoms with E-state index in [0.717, 1.165) is 44.3 Å². The minimum atomic E-state index is -0.935. The number of benzene rings is 1. The Bertz CT molecular complexity index is 659. The summed E-state index contributed by atoms with van der Waals surface area (Å²) in [5.74, 6) is 1.23. The topological polar surface area (TPSA) is 32.3 Å². The van der Waals surface area contributed by atoms with Crippen LogP contribution in [0.25, 0.3) is 0 Å². The van der Waals surface area contributed by atoms with Gasteiger partial charge in [0.05, 0.1) is 0 Å². The first-order valence-electron chi connectivity index (χ1n) is 9.46. The number of carbonyl (C=O) groups excluding carboxylic acids is 1. The number of nitrogens with zero attached hydrogens (tertiary/aromatic N) is 1. The molecule has 4 heteroatoms. The Morgan fingerprint density at radius 1 is 1.17 bits per heavy atom. The molecule has 6 rings (SSSR count). The molecule has 1 N–H and O–H groups in total. The third-order valence-corrected chi connectivity index (χ3v) is 6.84. The Morgan fingerprint density at radius 3 is 2.67 bits per heavy atom. The molecule has 128 valence electrons. The molecule has 0 radical (unpaired) electrons. The van der Waals surface area contributed by atoms with E-state index >= 15 is 0 Å². The number of amides is 2. The fourth-order valence-corrected chi connectivity index (χ4v) is 6.13. The van der Waals surface area contributed by atoms with E-state index in [1.165, 1.54) is 5.56 Å². The number of carbonyl (C=O) groups is 1. The molecule has 3 unspecified atom stereocenters. The molecule has 4 aliphatic carbocycles. The van der Waals surface area contributed by atoms with Crippen molar-refractivity contribution in [3.8, 4) is 0 Å². The van der Waals surface area contributed by atoms with Gasteiger partial charge in [0.1, 0.15) is 5.67 Å². The lowest BCUT2D eigenvalue weighted by Crippen LogP contribution is -2.62. The van der Waals surface area contributed by atoms with Gasteiger partial charge in [0.15, 0.2) is 0 Å². The third-order valence-electron chi connectivity index (χ3n) is 6.84. The second-order valence-corrected chi connectivity index (χ2v) is 8.48. The highest BCUT2D eigenvalue weighted by Crippen LogP contribution is 2.57. The molecule has 4 fully saturated rings. The Morgan fingerprint density at radius 2 is 1.92 bits per heavy atom. The van der Waals surface area contributed by atoms with Gasteiger partial charge in [-0.15, -0.1) is 0 Å². The zero-order valence-corrected chi connectivity index (χ0v) is 14.0. The predicted octanol–water partition coefficient (Wildman–Crippen LogP) is 4.07. The highest BCUT2D eigenvalue weighted by molar-refractivity contribution is 5.93. The van der Waals surface area contributed by atoms with Crippen molar-refractivity contribution in [2.75, 3.05) is 11.4 Å². The molecule has 4 saturated carbocycles. The van der Waals surface area contributed by atoms with Crippen molar-refractivity contribution in [2.24, 2.45) is 17.8 Å². The average Bonchev–Trinajstić information content (AvgIpc) is 2.56. The molecule has 4 bridgehead atoms. The minimum Gasteiger partial charge on any atom is -0.334 e. The largest absolute Gasteiger partial charge is 0.334 e. The molecule has 1 aliphatic heterocycles. The number of alkyl halides is 1. The van der Waals surface area contributed by atoms with Crippen molar-refractivity contribution in [2.45, 2.75) is 56.7 Å². The van der Waals surface area contributed by atoms with Crippen LogP contribution in [-0.4, -0.2) is 24.3 Å². The fourth-order valence-electron chi connectivity index (χ4n) is 6.13. The summed E-state index contributed by atoms with van der Waals surface area (Å²) in [6.45, 7) is 0.778. The number of halogens is 1. The maximum absolute atomic E-state index is 14.8. The molecule has 0 saturated heterocycles. The van der Waals surface area contributed by atoms with Gasteiger partial charge in [-0.2, -0.15) is 0 Å². The molecular weight excluding hydrogens is 303 g/mol. The van der Waals surface area contributed by atoms with Gasteiger partial charge in [0, 0.05) is 18.3 Å². The summed E-state index contributed by atoms with van der Waals surface area (Å²) in [7, 11) is 0. The summed E-state index contributed by atoms with van der Waals surface area (Å²) in [4.78, 5) is 14.9. The lowest BCUT2D eigenvalue weighted by molar-refractivity contribution is -0.0899. The fraction of sp³-hybridized carbons (Fsp3) is 0.650. The lowest BCUT2D eigenvalue weighted by Gasteiger charge is -2.57. The second-order valence-electron chi connectivity index (χ2n) is 8.48. The normalized spacial score (nSPS) is 39.6. The van der Waals surface area contributed by atoms with Crippen LogP contribution in [0.3, 0.4) is 0 Å². The summed E-state index contributed by atoms with van der Waals surface area (Å²) in [5.41, 5.74) is 1.37. The number of nitrogens with one attached hydrogen (secondary N) is 1. The van der Waals surface area contributed by atoms with E-state index in [4.69, 9.17) is 0 Å². The number of hydrogen-bond acceptors (Lipinski definition) is 1. The summed E-state index contributed by atoms with van der Waals surface area (Å²) >= 11 is 0. The summed E-state index contributed by atoms with van der Waals surface area (Å²) in [6.07, 6.45) is 6.33. The first-order chi connectivity index (χ1) is 11.6. The number of para-hydroxylation sites is 1. The van der Waals surface area contributed by atoms with Crippen molar-refractivity contribution >= 4 is 11.7 Å². The molecule has 3 nitrogen and oxygen atoms in total. The Labute approximate surface area is 142 Å². The third kappa shape index (κ3) is 2.26. The maximum atomic E-state index is 14.8. The summed E-state index contributed by atoms with van der Waals surface area (Å²) in [5, 5.41) is 3.31. The molecule has 1 aromatic rings. The first kappa shape index (κ1) is 14.7. The molecular formula is C20H25FN2O. The van der Waals surface area contributed by atoms with Crippen LogP contribution in [0.2, 0.25) is 0 Å². The molecule has 0 aromatic heterocycles. The van der Waals surface area contributed by atoms with Crippen LogP contribution in [0.4, 0.5) is 14.9 Å². The van der Waals surface area contributed by atoms with E-state index in [0.29, 0.717) is 30.6 Å². The molecule has 1 aromatic carbocycles. The highest BCUT2D eigenvalue weighted by Gasteiger charge is 2.56. The number of rotatable bonds is 1. The van der Waals surface area contributed by atoms with Gasteiger partial charge in [-0.1, -0.05) is 18.2 Å². The summed E-state index contributed by atoms with van der Waals surface area (Å²) < 4.78 is 14.8. The Balaban J connectivity index is 1.35. The van der Waals surface area contributed by atoms with Gasteiger partial charge in [-0.25, -0.2) is 9.18 Å². The monoisotopic (exact) mass is 328 g/mol. The second kappa shape index (κ2) is 5.21. The quantitative estimate of drug-likeness (QED) is 0.828. The molecule has 24 heavy (non-hydrogen) atoms. The van der Waals surface area contributed by atoms with Crippen LogP contribution < -0.4 is 10.2 Å². The van der Waals surface area contributed by atoms with Crippen LogP contribution in [0.15, 0.2) is 24.3 Å². The number of urea groups is 1. The minimum absolute atomic E-state index is 0.0209. The van der Waals surface area contributed by atoms with Crippen LogP contribution in [0.5, 0.6) is 0 Å².